The van der Waals surface area contributed by atoms with Gasteiger partial charge in [0, 0.05) is 45.4 Å². The number of aromatic hydroxyl groups is 3. The van der Waals surface area contributed by atoms with E-state index in [-0.39, 0.29) is 45.6 Å². The number of carbonyl (C=O) groups excluding carboxylic acids is 5. The molecule has 58 heavy (non-hydrogen) atoms. The smallest absolute Gasteiger partial charge is 0.303 e. The highest BCUT2D eigenvalue weighted by Crippen LogP contribution is 2.46. The molecule has 6 rings (SSSR count). The van der Waals surface area contributed by atoms with E-state index in [4.69, 9.17) is 47.4 Å². The normalized spacial score (nSPS) is 26.0. The lowest BCUT2D eigenvalue weighted by Gasteiger charge is -2.44. The number of ketones is 1. The van der Waals surface area contributed by atoms with Gasteiger partial charge in [-0.1, -0.05) is 12.1 Å². The molecule has 2 unspecified atom stereocenters. The van der Waals surface area contributed by atoms with Gasteiger partial charge >= 0.3 is 23.9 Å². The lowest BCUT2D eigenvalue weighted by molar-refractivity contribution is -0.311. The second kappa shape index (κ2) is 17.0. The van der Waals surface area contributed by atoms with E-state index in [0.29, 0.717) is 5.56 Å². The number of carbonyl (C=O) groups is 5. The quantitative estimate of drug-likeness (QED) is 0.160. The summed E-state index contributed by atoms with van der Waals surface area (Å²) < 4.78 is 57.9. The van der Waals surface area contributed by atoms with E-state index in [1.807, 2.05) is 0 Å². The number of fused-ring (bicyclic) bond motifs is 2. The van der Waals surface area contributed by atoms with Gasteiger partial charge in [-0.3, -0.25) is 24.0 Å². The van der Waals surface area contributed by atoms with Crippen LogP contribution in [-0.2, 0) is 47.6 Å². The number of esters is 4. The molecule has 0 saturated carbocycles. The molecule has 3 aromatic rings. The Kier molecular flexibility index (Phi) is 12.1. The molecule has 310 valence electrons. The minimum absolute atomic E-state index is 0.0855. The van der Waals surface area contributed by atoms with Crippen molar-refractivity contribution in [1.82, 2.24) is 0 Å². The van der Waals surface area contributed by atoms with Gasteiger partial charge in [-0.05, 0) is 29.8 Å². The summed E-state index contributed by atoms with van der Waals surface area (Å²) in [6.07, 6.45) is -12.4. The molecule has 3 aromatic carbocycles. The van der Waals surface area contributed by atoms with Crippen molar-refractivity contribution >= 4 is 29.7 Å². The van der Waals surface area contributed by atoms with Crippen molar-refractivity contribution in [2.24, 2.45) is 0 Å². The summed E-state index contributed by atoms with van der Waals surface area (Å²) in [4.78, 5) is 61.7. The second-order valence-corrected chi connectivity index (χ2v) is 13.4. The Morgan fingerprint density at radius 3 is 1.97 bits per heavy atom. The molecular formula is C39H40O19. The van der Waals surface area contributed by atoms with E-state index < -0.39 is 104 Å². The van der Waals surface area contributed by atoms with E-state index in [1.165, 1.54) is 43.5 Å². The number of benzene rings is 3. The number of aliphatic hydroxyl groups excluding tert-OH is 1. The third kappa shape index (κ3) is 8.80. The van der Waals surface area contributed by atoms with Crippen LogP contribution < -0.4 is 18.9 Å². The number of ether oxygens (including phenoxy) is 10. The van der Waals surface area contributed by atoms with E-state index >= 15 is 0 Å². The average molecular weight is 813 g/mol. The lowest BCUT2D eigenvalue weighted by Crippen LogP contribution is -2.63. The van der Waals surface area contributed by atoms with Gasteiger partial charge in [-0.25, -0.2) is 0 Å². The molecule has 3 aliphatic heterocycles. The second-order valence-electron chi connectivity index (χ2n) is 13.4. The van der Waals surface area contributed by atoms with Gasteiger partial charge in [-0.2, -0.15) is 0 Å². The topological polar surface area (TPSA) is 259 Å². The van der Waals surface area contributed by atoms with Crippen molar-refractivity contribution in [3.05, 3.63) is 65.2 Å². The number of hydrogen-bond donors (Lipinski definition) is 4. The van der Waals surface area contributed by atoms with Gasteiger partial charge in [0.05, 0.1) is 13.7 Å². The Balaban J connectivity index is 1.33. The summed E-state index contributed by atoms with van der Waals surface area (Å²) in [5, 5.41) is 41.6. The Hall–Kier alpha value is -6.31. The highest BCUT2D eigenvalue weighted by molar-refractivity contribution is 6.05. The highest BCUT2D eigenvalue weighted by atomic mass is 16.7. The molecule has 1 saturated heterocycles. The van der Waals surface area contributed by atoms with Crippen molar-refractivity contribution in [2.75, 3.05) is 20.3 Å². The number of phenols is 3. The molecule has 9 atom stereocenters. The van der Waals surface area contributed by atoms with Gasteiger partial charge in [-0.15, -0.1) is 0 Å². The molecule has 0 bridgehead atoms. The first kappa shape index (κ1) is 41.3. The number of phenolic OH excluding ortho intramolecular Hbond substituents is 3. The molecule has 0 radical (unpaired) electrons. The van der Waals surface area contributed by atoms with Gasteiger partial charge in [0.2, 0.25) is 5.78 Å². The predicted octanol–water partition coefficient (Wildman–Crippen LogP) is 2.47. The Morgan fingerprint density at radius 2 is 1.29 bits per heavy atom. The number of Topliss-reactive ketones (excluding diaryl/α,β-unsaturated/α-hetero) is 1. The van der Waals surface area contributed by atoms with Crippen molar-refractivity contribution < 1.29 is 91.8 Å². The SMILES string of the molecule is COc1cc(C2Oc3cc([C@H]4Oc5cc(O)cc(O)c5C(=O)[C@@H]4O)ccc3OC2CO[C@@H]2O[C@H](COC(C)=O)[C@@H](OC(C)=O)[C@H](OC(C)=O)[C@H]2OC(C)=O)ccc1O. The van der Waals surface area contributed by atoms with E-state index in [1.54, 1.807) is 0 Å². The van der Waals surface area contributed by atoms with E-state index in [2.05, 4.69) is 0 Å². The molecule has 1 fully saturated rings. The maximum Gasteiger partial charge on any atom is 0.303 e. The molecule has 0 aromatic heterocycles. The minimum atomic E-state index is -1.76. The van der Waals surface area contributed by atoms with Crippen molar-refractivity contribution in [3.8, 4) is 40.2 Å². The summed E-state index contributed by atoms with van der Waals surface area (Å²) >= 11 is 0. The first-order valence-corrected chi connectivity index (χ1v) is 17.8. The van der Waals surface area contributed by atoms with Crippen LogP contribution >= 0.6 is 0 Å². The molecular weight excluding hydrogens is 772 g/mol. The van der Waals surface area contributed by atoms with Gasteiger partial charge in [0.1, 0.15) is 35.5 Å². The maximum absolute atomic E-state index is 13.1. The average Bonchev–Trinajstić information content (AvgIpc) is 3.15. The number of rotatable bonds is 11. The summed E-state index contributed by atoms with van der Waals surface area (Å²) in [5.74, 6) is -4.91. The summed E-state index contributed by atoms with van der Waals surface area (Å²) in [7, 11) is 1.35. The van der Waals surface area contributed by atoms with Crippen molar-refractivity contribution in [1.29, 1.82) is 0 Å². The maximum atomic E-state index is 13.1. The standard InChI is InChI=1S/C39H40O19/c1-16(40)50-14-30-36(52-17(2)41)37(53-18(3)42)38(54-19(4)43)39(58-30)51-15-29-34(20-6-8-23(45)26(10-20)49-5)56-27-11-21(7-9-25(27)55-29)35-33(48)32(47)31-24(46)12-22(44)13-28(31)57-35/h6-13,29-30,33-39,44-46,48H,14-15H2,1-5H3/t29?,30-,33+,34?,35-,36-,37+,38-,39-/m1/s1. The number of hydrogen-bond acceptors (Lipinski definition) is 19. The number of aliphatic hydroxyl groups is 1. The lowest BCUT2D eigenvalue weighted by atomic mass is 9.92. The van der Waals surface area contributed by atoms with Crippen LogP contribution in [0.3, 0.4) is 0 Å². The van der Waals surface area contributed by atoms with Gasteiger partial charge in [0.15, 0.2) is 72.0 Å². The van der Waals surface area contributed by atoms with E-state index in [0.717, 1.165) is 39.8 Å². The Bertz CT molecular complexity index is 2080. The van der Waals surface area contributed by atoms with Crippen molar-refractivity contribution in [2.45, 2.75) is 82.8 Å². The van der Waals surface area contributed by atoms with Crippen LogP contribution in [0.4, 0.5) is 0 Å². The minimum Gasteiger partial charge on any atom is -0.508 e. The van der Waals surface area contributed by atoms with Crippen molar-refractivity contribution in [3.63, 3.8) is 0 Å². The largest absolute Gasteiger partial charge is 0.508 e. The zero-order valence-corrected chi connectivity index (χ0v) is 31.6. The monoisotopic (exact) mass is 812 g/mol. The Labute approximate surface area is 329 Å². The zero-order valence-electron chi connectivity index (χ0n) is 31.6. The van der Waals surface area contributed by atoms with E-state index in [9.17, 15) is 44.4 Å². The fourth-order valence-corrected chi connectivity index (χ4v) is 6.78. The molecule has 0 aliphatic carbocycles. The fraction of sp³-hybridized carbons (Fsp3) is 0.410. The van der Waals surface area contributed by atoms with Crippen LogP contribution in [-0.4, -0.2) is 113 Å². The predicted molar refractivity (Wildman–Crippen MR) is 190 cm³/mol. The van der Waals surface area contributed by atoms with Crippen LogP contribution in [0.25, 0.3) is 0 Å². The first-order chi connectivity index (χ1) is 27.5. The summed E-state index contributed by atoms with van der Waals surface area (Å²) in [6.45, 7) is 3.53. The van der Waals surface area contributed by atoms with Crippen LogP contribution in [0, 0.1) is 0 Å². The summed E-state index contributed by atoms with van der Waals surface area (Å²) in [5.41, 5.74) is 0.371. The summed E-state index contributed by atoms with van der Waals surface area (Å²) in [6, 6.07) is 10.9. The molecule has 3 heterocycles. The Morgan fingerprint density at radius 1 is 0.655 bits per heavy atom. The third-order valence-electron chi connectivity index (χ3n) is 9.19. The van der Waals surface area contributed by atoms with Crippen LogP contribution in [0.2, 0.25) is 0 Å². The van der Waals surface area contributed by atoms with Crippen LogP contribution in [0.5, 0.6) is 40.2 Å². The third-order valence-corrected chi connectivity index (χ3v) is 9.19. The van der Waals surface area contributed by atoms with Gasteiger partial charge in [0.25, 0.3) is 0 Å². The molecule has 0 amide bonds. The van der Waals surface area contributed by atoms with Gasteiger partial charge < -0.3 is 67.8 Å². The molecule has 3 aliphatic rings. The molecule has 19 heteroatoms. The first-order valence-electron chi connectivity index (χ1n) is 17.8. The fourth-order valence-electron chi connectivity index (χ4n) is 6.78. The van der Waals surface area contributed by atoms with Crippen LogP contribution in [0.1, 0.15) is 61.4 Å². The van der Waals surface area contributed by atoms with Crippen LogP contribution in [0.15, 0.2) is 48.5 Å². The zero-order chi connectivity index (χ0) is 42.0. The number of methoxy groups -OCH3 is 1. The molecule has 0 spiro atoms. The highest BCUT2D eigenvalue weighted by Gasteiger charge is 2.53. The molecule has 19 nitrogen and oxygen atoms in total. The molecule has 4 N–H and O–H groups in total.